The quantitative estimate of drug-likeness (QED) is 0.882. The van der Waals surface area contributed by atoms with Gasteiger partial charge in [0.25, 0.3) is 0 Å². The lowest BCUT2D eigenvalue weighted by molar-refractivity contribution is 0.121. The van der Waals surface area contributed by atoms with E-state index < -0.39 is 0 Å². The predicted octanol–water partition coefficient (Wildman–Crippen LogP) is 3.20. The molecule has 0 atom stereocenters. The van der Waals surface area contributed by atoms with Crippen LogP contribution in [-0.2, 0) is 19.7 Å². The van der Waals surface area contributed by atoms with E-state index >= 15 is 0 Å². The van der Waals surface area contributed by atoms with E-state index in [4.69, 9.17) is 23.2 Å². The number of hydrogen-bond donors (Lipinski definition) is 1. The van der Waals surface area contributed by atoms with Crippen LogP contribution in [0.5, 0.6) is 0 Å². The molecule has 6 heteroatoms. The third-order valence-corrected chi connectivity index (χ3v) is 5.13. The van der Waals surface area contributed by atoms with Crippen molar-refractivity contribution >= 4 is 23.2 Å². The minimum atomic E-state index is 0.0924. The first kappa shape index (κ1) is 17.6. The molecule has 1 aliphatic rings. The van der Waals surface area contributed by atoms with E-state index in [1.807, 2.05) is 18.2 Å². The summed E-state index contributed by atoms with van der Waals surface area (Å²) in [5, 5.41) is 10.7. The Hall–Kier alpha value is -1.17. The number of aromatic nitrogens is 1. The van der Waals surface area contributed by atoms with Crippen molar-refractivity contribution in [2.75, 3.05) is 26.2 Å². The summed E-state index contributed by atoms with van der Waals surface area (Å²) in [5.74, 6) is 0. The fraction of sp³-hybridized carbons (Fsp3) is 0.389. The van der Waals surface area contributed by atoms with Crippen LogP contribution in [0, 0.1) is 0 Å². The summed E-state index contributed by atoms with van der Waals surface area (Å²) in [6, 6.07) is 8.07. The highest BCUT2D eigenvalue weighted by atomic mass is 35.5. The van der Waals surface area contributed by atoms with Gasteiger partial charge in [0.15, 0.2) is 0 Å². The van der Waals surface area contributed by atoms with Gasteiger partial charge in [0.05, 0.1) is 16.7 Å². The van der Waals surface area contributed by atoms with Crippen molar-refractivity contribution in [1.82, 2.24) is 14.8 Å². The standard InChI is InChI=1S/C18H21Cl2N3O/c19-17-9-21-10-18(20)16(17)12-23-7-5-22(6-8-23)11-14-3-1-2-4-15(14)13-24/h1-4,9-10,24H,5-8,11-13H2. The summed E-state index contributed by atoms with van der Waals surface area (Å²) < 4.78 is 0. The van der Waals surface area contributed by atoms with Gasteiger partial charge in [0.1, 0.15) is 0 Å². The molecule has 0 amide bonds. The minimum absolute atomic E-state index is 0.0924. The molecule has 0 saturated carbocycles. The van der Waals surface area contributed by atoms with E-state index in [0.717, 1.165) is 50.4 Å². The van der Waals surface area contributed by atoms with E-state index in [1.54, 1.807) is 12.4 Å². The second-order valence-corrected chi connectivity index (χ2v) is 6.88. The normalized spacial score (nSPS) is 16.5. The number of aliphatic hydroxyl groups is 1. The van der Waals surface area contributed by atoms with Gasteiger partial charge in [-0.25, -0.2) is 0 Å². The topological polar surface area (TPSA) is 39.6 Å². The largest absolute Gasteiger partial charge is 0.392 e. The monoisotopic (exact) mass is 365 g/mol. The fourth-order valence-corrected chi connectivity index (χ4v) is 3.51. The number of piperazine rings is 1. The maximum Gasteiger partial charge on any atom is 0.0685 e. The molecule has 0 bridgehead atoms. The molecule has 1 fully saturated rings. The lowest BCUT2D eigenvalue weighted by atomic mass is 10.1. The number of pyridine rings is 1. The van der Waals surface area contributed by atoms with Crippen LogP contribution >= 0.6 is 23.2 Å². The molecule has 0 spiro atoms. The highest BCUT2D eigenvalue weighted by molar-refractivity contribution is 6.35. The fourth-order valence-electron chi connectivity index (χ4n) is 3.03. The summed E-state index contributed by atoms with van der Waals surface area (Å²) in [4.78, 5) is 8.78. The molecule has 0 aliphatic carbocycles. The summed E-state index contributed by atoms with van der Waals surface area (Å²) >= 11 is 12.4. The summed E-state index contributed by atoms with van der Waals surface area (Å²) in [5.41, 5.74) is 3.16. The van der Waals surface area contributed by atoms with Crippen molar-refractivity contribution in [3.63, 3.8) is 0 Å². The van der Waals surface area contributed by atoms with Gasteiger partial charge in [-0.3, -0.25) is 14.8 Å². The number of aliphatic hydroxyl groups excluding tert-OH is 1. The highest BCUT2D eigenvalue weighted by Gasteiger charge is 2.19. The Morgan fingerprint density at radius 3 is 2.00 bits per heavy atom. The van der Waals surface area contributed by atoms with Crippen LogP contribution < -0.4 is 0 Å². The zero-order valence-corrected chi connectivity index (χ0v) is 15.0. The molecule has 24 heavy (non-hydrogen) atoms. The van der Waals surface area contributed by atoms with E-state index in [0.29, 0.717) is 10.0 Å². The zero-order chi connectivity index (χ0) is 16.9. The smallest absolute Gasteiger partial charge is 0.0685 e. The number of benzene rings is 1. The molecule has 1 aromatic carbocycles. The molecular formula is C18H21Cl2N3O. The lowest BCUT2D eigenvalue weighted by Gasteiger charge is -2.35. The van der Waals surface area contributed by atoms with Gasteiger partial charge in [0, 0.05) is 57.2 Å². The Morgan fingerprint density at radius 2 is 1.42 bits per heavy atom. The van der Waals surface area contributed by atoms with Crippen molar-refractivity contribution in [2.24, 2.45) is 0 Å². The van der Waals surface area contributed by atoms with Crippen LogP contribution in [0.2, 0.25) is 10.0 Å². The van der Waals surface area contributed by atoms with E-state index in [-0.39, 0.29) is 6.61 Å². The molecule has 2 heterocycles. The minimum Gasteiger partial charge on any atom is -0.392 e. The van der Waals surface area contributed by atoms with Gasteiger partial charge in [-0.05, 0) is 11.1 Å². The summed E-state index contributed by atoms with van der Waals surface area (Å²) in [7, 11) is 0. The molecule has 1 aliphatic heterocycles. The number of halogens is 2. The number of nitrogens with zero attached hydrogens (tertiary/aromatic N) is 3. The molecule has 1 aromatic heterocycles. The Kier molecular flexibility index (Phi) is 6.09. The summed E-state index contributed by atoms with van der Waals surface area (Å²) in [6.07, 6.45) is 3.29. The van der Waals surface area contributed by atoms with Crippen LogP contribution in [0.3, 0.4) is 0 Å². The maximum atomic E-state index is 9.45. The molecule has 0 radical (unpaired) electrons. The second-order valence-electron chi connectivity index (χ2n) is 6.06. The van der Waals surface area contributed by atoms with Gasteiger partial charge in [-0.1, -0.05) is 47.5 Å². The van der Waals surface area contributed by atoms with Gasteiger partial charge >= 0.3 is 0 Å². The molecule has 1 saturated heterocycles. The van der Waals surface area contributed by atoms with Crippen LogP contribution in [0.25, 0.3) is 0 Å². The molecule has 0 unspecified atom stereocenters. The SMILES string of the molecule is OCc1ccccc1CN1CCN(Cc2c(Cl)cncc2Cl)CC1. The molecule has 2 aromatic rings. The third-order valence-electron chi connectivity index (χ3n) is 4.48. The maximum absolute atomic E-state index is 9.45. The Morgan fingerprint density at radius 1 is 0.875 bits per heavy atom. The highest BCUT2D eigenvalue weighted by Crippen LogP contribution is 2.25. The van der Waals surface area contributed by atoms with Gasteiger partial charge in [0.2, 0.25) is 0 Å². The first-order chi connectivity index (χ1) is 11.7. The zero-order valence-electron chi connectivity index (χ0n) is 13.5. The van der Waals surface area contributed by atoms with Crippen molar-refractivity contribution in [1.29, 1.82) is 0 Å². The number of rotatable bonds is 5. The average Bonchev–Trinajstić information content (AvgIpc) is 2.60. The second kappa shape index (κ2) is 8.28. The first-order valence-electron chi connectivity index (χ1n) is 8.07. The Labute approximate surface area is 152 Å². The average molecular weight is 366 g/mol. The molecule has 128 valence electrons. The van der Waals surface area contributed by atoms with Crippen molar-refractivity contribution in [3.05, 3.63) is 63.4 Å². The molecular weight excluding hydrogens is 345 g/mol. The molecule has 1 N–H and O–H groups in total. The van der Waals surface area contributed by atoms with Crippen LogP contribution in [0.4, 0.5) is 0 Å². The van der Waals surface area contributed by atoms with Crippen molar-refractivity contribution in [3.8, 4) is 0 Å². The van der Waals surface area contributed by atoms with Crippen LogP contribution in [-0.4, -0.2) is 46.1 Å². The Bertz CT molecular complexity index is 667. The van der Waals surface area contributed by atoms with Gasteiger partial charge < -0.3 is 5.11 Å². The Balaban J connectivity index is 1.56. The van der Waals surface area contributed by atoms with Gasteiger partial charge in [-0.2, -0.15) is 0 Å². The first-order valence-corrected chi connectivity index (χ1v) is 8.83. The molecule has 4 nitrogen and oxygen atoms in total. The lowest BCUT2D eigenvalue weighted by Crippen LogP contribution is -2.45. The van der Waals surface area contributed by atoms with E-state index in [1.165, 1.54) is 5.56 Å². The predicted molar refractivity (Wildman–Crippen MR) is 97.2 cm³/mol. The molecule has 3 rings (SSSR count). The van der Waals surface area contributed by atoms with E-state index in [9.17, 15) is 5.11 Å². The van der Waals surface area contributed by atoms with Crippen molar-refractivity contribution < 1.29 is 5.11 Å². The van der Waals surface area contributed by atoms with Crippen LogP contribution in [0.1, 0.15) is 16.7 Å². The van der Waals surface area contributed by atoms with Gasteiger partial charge in [-0.15, -0.1) is 0 Å². The van der Waals surface area contributed by atoms with E-state index in [2.05, 4.69) is 20.9 Å². The third kappa shape index (κ3) is 4.26. The number of hydrogen-bond acceptors (Lipinski definition) is 4. The van der Waals surface area contributed by atoms with Crippen molar-refractivity contribution in [2.45, 2.75) is 19.7 Å². The summed E-state index contributed by atoms with van der Waals surface area (Å²) in [6.45, 7) is 5.63. The van der Waals surface area contributed by atoms with Crippen LogP contribution in [0.15, 0.2) is 36.7 Å².